The van der Waals surface area contributed by atoms with Crippen LogP contribution in [0.2, 0.25) is 0 Å². The zero-order valence-corrected chi connectivity index (χ0v) is 17.4. The van der Waals surface area contributed by atoms with E-state index in [4.69, 9.17) is 4.74 Å². The second-order valence-electron chi connectivity index (χ2n) is 6.47. The Morgan fingerprint density at radius 2 is 1.75 bits per heavy atom. The number of benzene rings is 2. The first-order valence-electron chi connectivity index (χ1n) is 9.16. The van der Waals surface area contributed by atoms with Gasteiger partial charge in [-0.3, -0.25) is 4.79 Å². The third-order valence-electron chi connectivity index (χ3n) is 4.53. The molecule has 8 heteroatoms. The summed E-state index contributed by atoms with van der Waals surface area (Å²) in [7, 11) is -3.46. The minimum atomic E-state index is -3.46. The van der Waals surface area contributed by atoms with Gasteiger partial charge in [0.2, 0.25) is 10.0 Å². The zero-order valence-electron chi connectivity index (χ0n) is 15.8. The molecular formula is C20H24N2O4S2. The van der Waals surface area contributed by atoms with E-state index < -0.39 is 10.0 Å². The maximum Gasteiger partial charge on any atom is 0.262 e. The average Bonchev–Trinajstić information content (AvgIpc) is 2.73. The average molecular weight is 421 g/mol. The Labute approximate surface area is 170 Å². The first-order chi connectivity index (χ1) is 13.5. The first-order valence-corrected chi connectivity index (χ1v) is 11.8. The molecule has 0 bridgehead atoms. The first kappa shape index (κ1) is 20.7. The summed E-state index contributed by atoms with van der Waals surface area (Å²) >= 11 is 1.55. The Balaban J connectivity index is 1.57. The molecular weight excluding hydrogens is 396 g/mol. The molecule has 1 aliphatic heterocycles. The van der Waals surface area contributed by atoms with Crippen molar-refractivity contribution in [2.75, 3.05) is 31.3 Å². The predicted octanol–water partition coefficient (Wildman–Crippen LogP) is 3.60. The van der Waals surface area contributed by atoms with Gasteiger partial charge in [0.1, 0.15) is 5.75 Å². The van der Waals surface area contributed by atoms with Gasteiger partial charge in [0, 0.05) is 18.0 Å². The Kier molecular flexibility index (Phi) is 6.98. The van der Waals surface area contributed by atoms with Crippen LogP contribution in [-0.2, 0) is 14.8 Å². The fourth-order valence-corrected chi connectivity index (χ4v) is 5.12. The normalized spacial score (nSPS) is 15.2. The fraction of sp³-hybridized carbons (Fsp3) is 0.350. The number of hydrogen-bond donors (Lipinski definition) is 1. The highest BCUT2D eigenvalue weighted by molar-refractivity contribution is 7.98. The highest BCUT2D eigenvalue weighted by Gasteiger charge is 2.25. The largest absolute Gasteiger partial charge is 0.484 e. The molecule has 1 N–H and O–H groups in total. The van der Waals surface area contributed by atoms with E-state index in [-0.39, 0.29) is 17.4 Å². The standard InChI is InChI=1S/C20H24N2O4S2/c1-27-19-8-4-3-7-18(19)21-20(23)15-26-16-9-11-17(12-10-16)28(24,25)22-13-5-2-6-14-22/h3-4,7-12H,2,5-6,13-15H2,1H3,(H,21,23). The van der Waals surface area contributed by atoms with E-state index in [9.17, 15) is 13.2 Å². The summed E-state index contributed by atoms with van der Waals surface area (Å²) in [6, 6.07) is 13.8. The van der Waals surface area contributed by atoms with E-state index in [0.29, 0.717) is 18.8 Å². The number of carbonyl (C=O) groups excluding carboxylic acids is 1. The minimum Gasteiger partial charge on any atom is -0.484 e. The van der Waals surface area contributed by atoms with Crippen LogP contribution in [0.15, 0.2) is 58.3 Å². The van der Waals surface area contributed by atoms with Crippen molar-refractivity contribution in [2.45, 2.75) is 29.1 Å². The zero-order chi connectivity index (χ0) is 20.0. The molecule has 1 fully saturated rings. The minimum absolute atomic E-state index is 0.152. The number of piperidine rings is 1. The molecule has 0 unspecified atom stereocenters. The van der Waals surface area contributed by atoms with Crippen molar-refractivity contribution in [2.24, 2.45) is 0 Å². The number of carbonyl (C=O) groups is 1. The van der Waals surface area contributed by atoms with Crippen molar-refractivity contribution in [1.29, 1.82) is 0 Å². The summed E-state index contributed by atoms with van der Waals surface area (Å²) in [5.74, 6) is 0.178. The quantitative estimate of drug-likeness (QED) is 0.693. The van der Waals surface area contributed by atoms with Crippen LogP contribution in [0.5, 0.6) is 5.75 Å². The van der Waals surface area contributed by atoms with Gasteiger partial charge >= 0.3 is 0 Å². The summed E-state index contributed by atoms with van der Waals surface area (Å²) in [5.41, 5.74) is 0.742. The van der Waals surface area contributed by atoms with Gasteiger partial charge < -0.3 is 10.1 Å². The van der Waals surface area contributed by atoms with E-state index in [1.807, 2.05) is 30.5 Å². The molecule has 1 saturated heterocycles. The van der Waals surface area contributed by atoms with E-state index in [2.05, 4.69) is 5.32 Å². The number of sulfonamides is 1. The molecule has 0 aliphatic carbocycles. The third kappa shape index (κ3) is 5.06. The molecule has 1 heterocycles. The summed E-state index contributed by atoms with van der Waals surface area (Å²) < 4.78 is 32.3. The lowest BCUT2D eigenvalue weighted by atomic mass is 10.2. The molecule has 2 aromatic carbocycles. The summed E-state index contributed by atoms with van der Waals surface area (Å²) in [6.07, 6.45) is 4.81. The number of rotatable bonds is 7. The Morgan fingerprint density at radius 3 is 2.43 bits per heavy atom. The molecule has 150 valence electrons. The molecule has 0 saturated carbocycles. The molecule has 2 aromatic rings. The second-order valence-corrected chi connectivity index (χ2v) is 9.26. The Hall–Kier alpha value is -2.03. The van der Waals surface area contributed by atoms with Crippen LogP contribution >= 0.6 is 11.8 Å². The van der Waals surface area contributed by atoms with Crippen molar-refractivity contribution in [1.82, 2.24) is 4.31 Å². The van der Waals surface area contributed by atoms with Crippen LogP contribution in [0.4, 0.5) is 5.69 Å². The highest BCUT2D eigenvalue weighted by atomic mass is 32.2. The molecule has 0 atom stereocenters. The lowest BCUT2D eigenvalue weighted by Gasteiger charge is -2.25. The lowest BCUT2D eigenvalue weighted by Crippen LogP contribution is -2.35. The SMILES string of the molecule is CSc1ccccc1NC(=O)COc1ccc(S(=O)(=O)N2CCCCC2)cc1. The molecule has 28 heavy (non-hydrogen) atoms. The monoisotopic (exact) mass is 420 g/mol. The van der Waals surface area contributed by atoms with Gasteiger partial charge in [-0.15, -0.1) is 11.8 Å². The topological polar surface area (TPSA) is 75.7 Å². The van der Waals surface area contributed by atoms with Crippen LogP contribution in [0.1, 0.15) is 19.3 Å². The van der Waals surface area contributed by atoms with Crippen LogP contribution in [0.25, 0.3) is 0 Å². The van der Waals surface area contributed by atoms with Gasteiger partial charge in [0.25, 0.3) is 5.91 Å². The van der Waals surface area contributed by atoms with Gasteiger partial charge in [0.05, 0.1) is 10.6 Å². The number of anilines is 1. The smallest absolute Gasteiger partial charge is 0.262 e. The summed E-state index contributed by atoms with van der Waals surface area (Å²) in [6.45, 7) is 0.984. The van der Waals surface area contributed by atoms with Crippen molar-refractivity contribution < 1.29 is 17.9 Å². The third-order valence-corrected chi connectivity index (χ3v) is 7.24. The highest BCUT2D eigenvalue weighted by Crippen LogP contribution is 2.25. The number of hydrogen-bond acceptors (Lipinski definition) is 5. The fourth-order valence-electron chi connectivity index (χ4n) is 3.05. The van der Waals surface area contributed by atoms with Gasteiger partial charge in [-0.2, -0.15) is 4.31 Å². The molecule has 6 nitrogen and oxygen atoms in total. The molecule has 0 aromatic heterocycles. The number of amides is 1. The van der Waals surface area contributed by atoms with Crippen molar-refractivity contribution in [3.63, 3.8) is 0 Å². The number of ether oxygens (including phenoxy) is 1. The molecule has 3 rings (SSSR count). The van der Waals surface area contributed by atoms with Crippen LogP contribution in [0.3, 0.4) is 0 Å². The Morgan fingerprint density at radius 1 is 1.07 bits per heavy atom. The number of thioether (sulfide) groups is 1. The maximum atomic E-state index is 12.6. The Bertz CT molecular complexity index is 908. The van der Waals surface area contributed by atoms with E-state index in [1.54, 1.807) is 23.9 Å². The van der Waals surface area contributed by atoms with Gasteiger partial charge in [-0.1, -0.05) is 18.6 Å². The number of nitrogens with one attached hydrogen (secondary N) is 1. The van der Waals surface area contributed by atoms with Crippen molar-refractivity contribution >= 4 is 33.4 Å². The van der Waals surface area contributed by atoms with Crippen molar-refractivity contribution in [3.05, 3.63) is 48.5 Å². The van der Waals surface area contributed by atoms with E-state index in [1.165, 1.54) is 16.4 Å². The van der Waals surface area contributed by atoms with E-state index >= 15 is 0 Å². The van der Waals surface area contributed by atoms with Gasteiger partial charge in [0.15, 0.2) is 6.61 Å². The molecule has 0 radical (unpaired) electrons. The maximum absolute atomic E-state index is 12.6. The van der Waals surface area contributed by atoms with E-state index in [0.717, 1.165) is 29.8 Å². The summed E-state index contributed by atoms with van der Waals surface area (Å²) in [4.78, 5) is 13.4. The van der Waals surface area contributed by atoms with Crippen LogP contribution in [0, 0.1) is 0 Å². The number of nitrogens with zero attached hydrogens (tertiary/aromatic N) is 1. The van der Waals surface area contributed by atoms with Crippen LogP contribution < -0.4 is 10.1 Å². The molecule has 0 spiro atoms. The van der Waals surface area contributed by atoms with Crippen molar-refractivity contribution in [3.8, 4) is 5.75 Å². The lowest BCUT2D eigenvalue weighted by molar-refractivity contribution is -0.118. The molecule has 1 amide bonds. The summed E-state index contributed by atoms with van der Waals surface area (Å²) in [5, 5.41) is 2.82. The molecule has 1 aliphatic rings. The number of para-hydroxylation sites is 1. The predicted molar refractivity (Wildman–Crippen MR) is 111 cm³/mol. The van der Waals surface area contributed by atoms with Crippen LogP contribution in [-0.4, -0.2) is 44.6 Å². The van der Waals surface area contributed by atoms with Gasteiger partial charge in [-0.25, -0.2) is 8.42 Å². The second kappa shape index (κ2) is 9.45. The van der Waals surface area contributed by atoms with Gasteiger partial charge in [-0.05, 0) is 55.5 Å².